The molecule has 6 nitrogen and oxygen atoms in total. The number of benzene rings is 1. The first kappa shape index (κ1) is 17.6. The molecule has 0 fully saturated rings. The van der Waals surface area contributed by atoms with Crippen LogP contribution in [0.4, 0.5) is 0 Å². The van der Waals surface area contributed by atoms with Crippen LogP contribution in [0.2, 0.25) is 0 Å². The maximum atomic E-state index is 11.8. The van der Waals surface area contributed by atoms with E-state index < -0.39 is 0 Å². The first-order valence-electron chi connectivity index (χ1n) is 9.70. The van der Waals surface area contributed by atoms with Gasteiger partial charge in [0.1, 0.15) is 12.0 Å². The van der Waals surface area contributed by atoms with Crippen molar-refractivity contribution in [1.82, 2.24) is 25.3 Å². The van der Waals surface area contributed by atoms with Crippen LogP contribution >= 0.6 is 0 Å². The second-order valence-electron chi connectivity index (χ2n) is 7.70. The minimum absolute atomic E-state index is 0.0222. The number of amides is 1. The lowest BCUT2D eigenvalue weighted by Gasteiger charge is -2.32. The zero-order chi connectivity index (χ0) is 19.8. The molecule has 2 N–H and O–H groups in total. The van der Waals surface area contributed by atoms with Crippen molar-refractivity contribution in [1.29, 1.82) is 0 Å². The Hall–Kier alpha value is -3.54. The molecule has 0 saturated heterocycles. The van der Waals surface area contributed by atoms with Crippen LogP contribution in [0.25, 0.3) is 22.3 Å². The second-order valence-corrected chi connectivity index (χ2v) is 7.70. The van der Waals surface area contributed by atoms with Crippen molar-refractivity contribution in [3.63, 3.8) is 0 Å². The molecule has 0 aliphatic heterocycles. The summed E-state index contributed by atoms with van der Waals surface area (Å²) in [5.74, 6) is -0.0222. The highest BCUT2D eigenvalue weighted by Gasteiger charge is 2.40. The fourth-order valence-electron chi connectivity index (χ4n) is 4.52. The Morgan fingerprint density at radius 2 is 2.00 bits per heavy atom. The van der Waals surface area contributed by atoms with Crippen LogP contribution in [0.15, 0.2) is 61.3 Å². The van der Waals surface area contributed by atoms with Gasteiger partial charge in [0, 0.05) is 48.4 Å². The molecule has 1 aliphatic carbocycles. The monoisotopic (exact) mass is 383 g/mol. The Bertz CT molecular complexity index is 1190. The van der Waals surface area contributed by atoms with Gasteiger partial charge < -0.3 is 10.3 Å². The van der Waals surface area contributed by atoms with E-state index in [2.05, 4.69) is 49.5 Å². The number of nitrogens with one attached hydrogen (secondary N) is 2. The van der Waals surface area contributed by atoms with Crippen LogP contribution < -0.4 is 5.32 Å². The number of H-pyrrole nitrogens is 1. The fraction of sp³-hybridized carbons (Fsp3) is 0.217. The molecule has 1 amide bonds. The molecule has 0 saturated carbocycles. The first-order chi connectivity index (χ1) is 14.2. The number of aromatic amines is 1. The van der Waals surface area contributed by atoms with Gasteiger partial charge in [0.2, 0.25) is 5.91 Å². The SMILES string of the molecule is CC(=O)NCC1(c2ccccc2-c2ncnc3[nH]ccc23)Cc2ccncc2C1. The topological polar surface area (TPSA) is 83.6 Å². The van der Waals surface area contributed by atoms with E-state index >= 15 is 0 Å². The van der Waals surface area contributed by atoms with E-state index in [9.17, 15) is 4.79 Å². The molecule has 0 spiro atoms. The smallest absolute Gasteiger partial charge is 0.216 e. The Kier molecular flexibility index (Phi) is 4.12. The summed E-state index contributed by atoms with van der Waals surface area (Å²) < 4.78 is 0. The van der Waals surface area contributed by atoms with E-state index in [4.69, 9.17) is 0 Å². The van der Waals surface area contributed by atoms with Crippen LogP contribution in [-0.2, 0) is 23.1 Å². The molecular weight excluding hydrogens is 362 g/mol. The largest absolute Gasteiger partial charge is 0.355 e. The average Bonchev–Trinajstić information content (AvgIpc) is 3.37. The summed E-state index contributed by atoms with van der Waals surface area (Å²) in [6.07, 6.45) is 8.95. The van der Waals surface area contributed by atoms with Crippen molar-refractivity contribution in [3.8, 4) is 11.3 Å². The molecule has 1 aliphatic rings. The van der Waals surface area contributed by atoms with Crippen molar-refractivity contribution in [3.05, 3.63) is 78.0 Å². The number of hydrogen-bond acceptors (Lipinski definition) is 4. The lowest BCUT2D eigenvalue weighted by molar-refractivity contribution is -0.119. The number of rotatable bonds is 4. The number of aromatic nitrogens is 4. The van der Waals surface area contributed by atoms with Gasteiger partial charge in [-0.25, -0.2) is 9.97 Å². The van der Waals surface area contributed by atoms with Gasteiger partial charge in [0.05, 0.1) is 5.69 Å². The highest BCUT2D eigenvalue weighted by atomic mass is 16.1. The first-order valence-corrected chi connectivity index (χ1v) is 9.70. The van der Waals surface area contributed by atoms with Gasteiger partial charge in [-0.15, -0.1) is 0 Å². The molecular formula is C23H21N5O. The highest BCUT2D eigenvalue weighted by Crippen LogP contribution is 2.43. The summed E-state index contributed by atoms with van der Waals surface area (Å²) in [7, 11) is 0. The minimum Gasteiger partial charge on any atom is -0.355 e. The summed E-state index contributed by atoms with van der Waals surface area (Å²) >= 11 is 0. The number of carbonyl (C=O) groups is 1. The van der Waals surface area contributed by atoms with Crippen LogP contribution in [0.3, 0.4) is 0 Å². The van der Waals surface area contributed by atoms with Gasteiger partial charge in [-0.3, -0.25) is 9.78 Å². The number of carbonyl (C=O) groups excluding carboxylic acids is 1. The predicted molar refractivity (Wildman–Crippen MR) is 111 cm³/mol. The number of nitrogens with zero attached hydrogens (tertiary/aromatic N) is 3. The van der Waals surface area contributed by atoms with Crippen LogP contribution in [0.1, 0.15) is 23.6 Å². The minimum atomic E-state index is -0.249. The summed E-state index contributed by atoms with van der Waals surface area (Å²) in [6.45, 7) is 2.13. The van der Waals surface area contributed by atoms with E-state index in [0.717, 1.165) is 35.1 Å². The Labute approximate surface area is 168 Å². The molecule has 0 radical (unpaired) electrons. The third kappa shape index (κ3) is 2.97. The molecule has 3 heterocycles. The van der Waals surface area contributed by atoms with Crippen LogP contribution in [0, 0.1) is 0 Å². The zero-order valence-electron chi connectivity index (χ0n) is 16.1. The van der Waals surface area contributed by atoms with Crippen molar-refractivity contribution in [2.45, 2.75) is 25.2 Å². The van der Waals surface area contributed by atoms with E-state index in [1.807, 2.05) is 30.7 Å². The third-order valence-electron chi connectivity index (χ3n) is 5.85. The van der Waals surface area contributed by atoms with E-state index in [0.29, 0.717) is 6.54 Å². The maximum Gasteiger partial charge on any atom is 0.216 e. The lowest BCUT2D eigenvalue weighted by Crippen LogP contribution is -2.41. The van der Waals surface area contributed by atoms with E-state index in [1.165, 1.54) is 16.7 Å². The quantitative estimate of drug-likeness (QED) is 0.567. The Morgan fingerprint density at radius 3 is 2.86 bits per heavy atom. The van der Waals surface area contributed by atoms with E-state index in [1.54, 1.807) is 13.3 Å². The predicted octanol–water partition coefficient (Wildman–Crippen LogP) is 3.19. The van der Waals surface area contributed by atoms with Gasteiger partial charge in [0.15, 0.2) is 0 Å². The molecule has 6 heteroatoms. The number of fused-ring (bicyclic) bond motifs is 2. The summed E-state index contributed by atoms with van der Waals surface area (Å²) in [5, 5.41) is 4.07. The van der Waals surface area contributed by atoms with Gasteiger partial charge in [-0.05, 0) is 41.7 Å². The molecule has 144 valence electrons. The van der Waals surface area contributed by atoms with Crippen molar-refractivity contribution >= 4 is 16.9 Å². The fourth-order valence-corrected chi connectivity index (χ4v) is 4.52. The molecule has 3 aromatic heterocycles. The van der Waals surface area contributed by atoms with Crippen LogP contribution in [0.5, 0.6) is 0 Å². The number of pyridine rings is 1. The molecule has 29 heavy (non-hydrogen) atoms. The van der Waals surface area contributed by atoms with Gasteiger partial charge in [0.25, 0.3) is 0 Å². The van der Waals surface area contributed by atoms with Crippen molar-refractivity contribution in [2.75, 3.05) is 6.54 Å². The van der Waals surface area contributed by atoms with Gasteiger partial charge >= 0.3 is 0 Å². The van der Waals surface area contributed by atoms with Gasteiger partial charge in [-0.2, -0.15) is 0 Å². The zero-order valence-corrected chi connectivity index (χ0v) is 16.1. The number of hydrogen-bond donors (Lipinski definition) is 2. The highest BCUT2D eigenvalue weighted by molar-refractivity contribution is 5.91. The molecule has 5 rings (SSSR count). The maximum absolute atomic E-state index is 11.8. The second kappa shape index (κ2) is 6.81. The standard InChI is InChI=1S/C23H21N5O/c1-15(29)26-13-23(10-16-6-8-24-12-17(16)11-23)20-5-3-2-4-18(20)21-19-7-9-25-22(19)28-14-27-21/h2-9,12,14H,10-11,13H2,1H3,(H,26,29)(H,25,27,28). The normalized spacial score (nSPS) is 18.0. The van der Waals surface area contributed by atoms with Crippen molar-refractivity contribution < 1.29 is 4.79 Å². The molecule has 0 bridgehead atoms. The Morgan fingerprint density at radius 1 is 1.14 bits per heavy atom. The average molecular weight is 383 g/mol. The Balaban J connectivity index is 1.69. The molecule has 1 atom stereocenters. The van der Waals surface area contributed by atoms with Gasteiger partial charge in [-0.1, -0.05) is 24.3 Å². The molecule has 4 aromatic rings. The molecule has 1 unspecified atom stereocenters. The lowest BCUT2D eigenvalue weighted by atomic mass is 9.74. The molecule has 1 aromatic carbocycles. The van der Waals surface area contributed by atoms with Crippen LogP contribution in [-0.4, -0.2) is 32.4 Å². The third-order valence-corrected chi connectivity index (χ3v) is 5.85. The summed E-state index contributed by atoms with van der Waals surface area (Å²) in [4.78, 5) is 28.2. The summed E-state index contributed by atoms with van der Waals surface area (Å²) in [5.41, 5.74) is 6.26. The summed E-state index contributed by atoms with van der Waals surface area (Å²) in [6, 6.07) is 12.5. The van der Waals surface area contributed by atoms with Crippen molar-refractivity contribution in [2.24, 2.45) is 0 Å². The van der Waals surface area contributed by atoms with E-state index in [-0.39, 0.29) is 11.3 Å².